The number of piperidine rings is 1. The van der Waals surface area contributed by atoms with E-state index in [-0.39, 0.29) is 0 Å². The summed E-state index contributed by atoms with van der Waals surface area (Å²) in [6, 6.07) is 0.422. The minimum Gasteiger partial charge on any atom is -0.378 e. The number of nitrogens with one attached hydrogen (secondary N) is 2. The highest BCUT2D eigenvalue weighted by atomic mass is 16.5. The molecule has 0 saturated carbocycles. The zero-order chi connectivity index (χ0) is 17.3. The first-order valence-corrected chi connectivity index (χ1v) is 9.83. The molecule has 0 aromatic carbocycles. The Hall–Kier alpha value is -1.83. The Morgan fingerprint density at radius 3 is 2.88 bits per heavy atom. The number of morpholine rings is 1. The molecule has 0 radical (unpaired) electrons. The molecular weight excluding hydrogens is 330 g/mol. The standard InChI is InChI=1S/C19H27N5O2/c1-2-5-20-16(3-1)14-11-18-22-17-13-26-8-4-15(17)19(24(18)21-12-14)23-6-9-25-10-7-23/h11-12,16,20-21H,1-10,13H2. The lowest BCUT2D eigenvalue weighted by atomic mass is 9.96. The van der Waals surface area contributed by atoms with Crippen LogP contribution in [0.5, 0.6) is 0 Å². The van der Waals surface area contributed by atoms with Gasteiger partial charge in [-0.15, -0.1) is 0 Å². The van der Waals surface area contributed by atoms with Gasteiger partial charge in [0.25, 0.3) is 0 Å². The number of hydrazine groups is 1. The Bertz CT molecular complexity index is 684. The summed E-state index contributed by atoms with van der Waals surface area (Å²) < 4.78 is 11.3. The van der Waals surface area contributed by atoms with Crippen LogP contribution in [0.4, 0.5) is 0 Å². The number of nitrogens with zero attached hydrogens (tertiary/aromatic N) is 3. The van der Waals surface area contributed by atoms with E-state index in [0.29, 0.717) is 12.6 Å². The minimum absolute atomic E-state index is 0.422. The van der Waals surface area contributed by atoms with Crippen molar-refractivity contribution >= 4 is 5.71 Å². The molecule has 3 saturated heterocycles. The van der Waals surface area contributed by atoms with Crippen molar-refractivity contribution < 1.29 is 9.47 Å². The van der Waals surface area contributed by atoms with Crippen LogP contribution in [0.2, 0.25) is 0 Å². The molecule has 0 aliphatic carbocycles. The fraction of sp³-hybridized carbons (Fsp3) is 0.632. The average Bonchev–Trinajstić information content (AvgIpc) is 2.73. The van der Waals surface area contributed by atoms with Gasteiger partial charge in [-0.3, -0.25) is 5.43 Å². The maximum Gasteiger partial charge on any atom is 0.154 e. The van der Waals surface area contributed by atoms with Crippen molar-refractivity contribution in [3.63, 3.8) is 0 Å². The predicted molar refractivity (Wildman–Crippen MR) is 99.1 cm³/mol. The van der Waals surface area contributed by atoms with Gasteiger partial charge in [0.05, 0.1) is 32.1 Å². The fourth-order valence-electron chi connectivity index (χ4n) is 4.35. The third kappa shape index (κ3) is 2.94. The second-order valence-electron chi connectivity index (χ2n) is 7.38. The number of aliphatic imine (C=N–C) groups is 1. The van der Waals surface area contributed by atoms with Crippen LogP contribution in [0, 0.1) is 0 Å². The highest BCUT2D eigenvalue weighted by molar-refractivity contribution is 6.03. The normalized spacial score (nSPS) is 29.2. The second-order valence-corrected chi connectivity index (χ2v) is 7.38. The van der Waals surface area contributed by atoms with Gasteiger partial charge in [0, 0.05) is 37.3 Å². The van der Waals surface area contributed by atoms with Crippen LogP contribution in [0.3, 0.4) is 0 Å². The lowest BCUT2D eigenvalue weighted by Gasteiger charge is -2.43. The molecule has 5 heterocycles. The first-order chi connectivity index (χ1) is 12.9. The molecular formula is C19H27N5O2. The summed E-state index contributed by atoms with van der Waals surface area (Å²) in [5, 5.41) is 5.79. The zero-order valence-electron chi connectivity index (χ0n) is 15.2. The van der Waals surface area contributed by atoms with Crippen LogP contribution >= 0.6 is 0 Å². The van der Waals surface area contributed by atoms with Crippen molar-refractivity contribution in [2.24, 2.45) is 4.99 Å². The Labute approximate surface area is 154 Å². The molecule has 7 heteroatoms. The van der Waals surface area contributed by atoms with Crippen LogP contribution in [0.25, 0.3) is 0 Å². The number of hydrogen-bond donors (Lipinski definition) is 2. The van der Waals surface area contributed by atoms with E-state index in [0.717, 1.165) is 57.4 Å². The van der Waals surface area contributed by atoms with Gasteiger partial charge in [0.15, 0.2) is 5.82 Å². The molecule has 3 fully saturated rings. The Balaban J connectivity index is 1.48. The SMILES string of the molecule is C1=C(C2CCCCN2)C=C2N=C3COCCC3=C(N3CCOCC3)N2N1. The molecule has 1 unspecified atom stereocenters. The molecule has 0 spiro atoms. The summed E-state index contributed by atoms with van der Waals surface area (Å²) in [5.74, 6) is 2.21. The van der Waals surface area contributed by atoms with Crippen LogP contribution in [-0.2, 0) is 9.47 Å². The Morgan fingerprint density at radius 2 is 2.04 bits per heavy atom. The quantitative estimate of drug-likeness (QED) is 0.772. The average molecular weight is 357 g/mol. The van der Waals surface area contributed by atoms with Gasteiger partial charge < -0.3 is 19.7 Å². The van der Waals surface area contributed by atoms with Crippen molar-refractivity contribution in [2.75, 3.05) is 46.1 Å². The summed E-state index contributed by atoms with van der Waals surface area (Å²) in [6.45, 7) is 5.86. The van der Waals surface area contributed by atoms with Gasteiger partial charge in [-0.1, -0.05) is 6.42 Å². The highest BCUT2D eigenvalue weighted by Crippen LogP contribution is 2.33. The first kappa shape index (κ1) is 16.4. The van der Waals surface area contributed by atoms with Crippen LogP contribution in [0.1, 0.15) is 25.7 Å². The van der Waals surface area contributed by atoms with E-state index < -0.39 is 0 Å². The Kier molecular flexibility index (Phi) is 4.44. The summed E-state index contributed by atoms with van der Waals surface area (Å²) in [5.41, 5.74) is 7.22. The molecule has 26 heavy (non-hydrogen) atoms. The van der Waals surface area contributed by atoms with Gasteiger partial charge in [-0.2, -0.15) is 0 Å². The zero-order valence-corrected chi connectivity index (χ0v) is 15.2. The van der Waals surface area contributed by atoms with Crippen molar-refractivity contribution in [2.45, 2.75) is 31.7 Å². The van der Waals surface area contributed by atoms with Crippen molar-refractivity contribution in [3.8, 4) is 0 Å². The molecule has 0 amide bonds. The smallest absolute Gasteiger partial charge is 0.154 e. The van der Waals surface area contributed by atoms with E-state index in [9.17, 15) is 0 Å². The molecule has 0 aromatic rings. The molecule has 5 aliphatic rings. The third-order valence-corrected chi connectivity index (χ3v) is 5.72. The molecule has 5 aliphatic heterocycles. The summed E-state index contributed by atoms with van der Waals surface area (Å²) in [4.78, 5) is 7.38. The van der Waals surface area contributed by atoms with E-state index in [2.05, 4.69) is 32.9 Å². The third-order valence-electron chi connectivity index (χ3n) is 5.72. The number of rotatable bonds is 2. The molecule has 140 valence electrons. The van der Waals surface area contributed by atoms with Gasteiger partial charge in [0.2, 0.25) is 0 Å². The monoisotopic (exact) mass is 357 g/mol. The van der Waals surface area contributed by atoms with Crippen LogP contribution in [-0.4, -0.2) is 67.7 Å². The highest BCUT2D eigenvalue weighted by Gasteiger charge is 2.34. The molecule has 0 bridgehead atoms. The minimum atomic E-state index is 0.422. The van der Waals surface area contributed by atoms with E-state index in [1.54, 1.807) is 0 Å². The molecule has 7 nitrogen and oxygen atoms in total. The van der Waals surface area contributed by atoms with E-state index >= 15 is 0 Å². The number of hydrogen-bond acceptors (Lipinski definition) is 7. The fourth-order valence-corrected chi connectivity index (χ4v) is 4.35. The summed E-state index contributed by atoms with van der Waals surface area (Å²) >= 11 is 0. The number of ether oxygens (including phenoxy) is 2. The number of fused-ring (bicyclic) bond motifs is 2. The molecule has 2 N–H and O–H groups in total. The van der Waals surface area contributed by atoms with E-state index in [4.69, 9.17) is 14.5 Å². The lowest BCUT2D eigenvalue weighted by molar-refractivity contribution is 0.0351. The van der Waals surface area contributed by atoms with Gasteiger partial charge in [-0.25, -0.2) is 10.0 Å². The predicted octanol–water partition coefficient (Wildman–Crippen LogP) is 1.09. The van der Waals surface area contributed by atoms with Crippen LogP contribution in [0.15, 0.2) is 40.1 Å². The van der Waals surface area contributed by atoms with Gasteiger partial charge in [-0.05, 0) is 31.0 Å². The molecule has 1 atom stereocenters. The maximum absolute atomic E-state index is 5.70. The van der Waals surface area contributed by atoms with Gasteiger partial charge >= 0.3 is 0 Å². The van der Waals surface area contributed by atoms with Crippen molar-refractivity contribution in [1.29, 1.82) is 0 Å². The summed E-state index contributed by atoms with van der Waals surface area (Å²) in [7, 11) is 0. The molecule has 0 aromatic heterocycles. The Morgan fingerprint density at radius 1 is 1.12 bits per heavy atom. The van der Waals surface area contributed by atoms with E-state index in [1.165, 1.54) is 36.2 Å². The maximum atomic E-state index is 5.70. The van der Waals surface area contributed by atoms with Crippen molar-refractivity contribution in [1.82, 2.24) is 20.7 Å². The van der Waals surface area contributed by atoms with Crippen molar-refractivity contribution in [3.05, 3.63) is 35.1 Å². The molecule has 5 rings (SSSR count). The topological polar surface area (TPSA) is 61.4 Å². The summed E-state index contributed by atoms with van der Waals surface area (Å²) in [6.07, 6.45) is 9.04. The first-order valence-electron chi connectivity index (χ1n) is 9.83. The largest absolute Gasteiger partial charge is 0.378 e. The van der Waals surface area contributed by atoms with Crippen LogP contribution < -0.4 is 10.7 Å². The lowest BCUT2D eigenvalue weighted by Crippen LogP contribution is -2.50. The van der Waals surface area contributed by atoms with E-state index in [1.807, 2.05) is 0 Å². The van der Waals surface area contributed by atoms with Gasteiger partial charge in [0.1, 0.15) is 5.82 Å². The second kappa shape index (κ2) is 7.06.